The van der Waals surface area contributed by atoms with E-state index in [2.05, 4.69) is 20.8 Å². The van der Waals surface area contributed by atoms with E-state index in [1.807, 2.05) is 32.0 Å². The van der Waals surface area contributed by atoms with E-state index in [0.717, 1.165) is 0 Å². The third-order valence-corrected chi connectivity index (χ3v) is 3.11. The van der Waals surface area contributed by atoms with Crippen molar-refractivity contribution < 1.29 is 9.90 Å². The van der Waals surface area contributed by atoms with Crippen molar-refractivity contribution in [3.8, 4) is 0 Å². The second kappa shape index (κ2) is 6.09. The number of urea groups is 1. The fraction of sp³-hybridized carbons (Fsp3) is 0.500. The summed E-state index contributed by atoms with van der Waals surface area (Å²) in [6.07, 6.45) is 1.99. The average molecular weight is 291 g/mol. The van der Waals surface area contributed by atoms with Gasteiger partial charge < -0.3 is 10.4 Å². The molecule has 0 aliphatic carbocycles. The molecule has 0 spiro atoms. The molecule has 2 aromatic rings. The Morgan fingerprint density at radius 2 is 2.19 bits per heavy atom. The fourth-order valence-electron chi connectivity index (χ4n) is 2.26. The van der Waals surface area contributed by atoms with Gasteiger partial charge in [0.05, 0.1) is 6.10 Å². The number of carbonyl (C=O) groups is 1. The van der Waals surface area contributed by atoms with Crippen LogP contribution in [0.4, 0.5) is 10.7 Å². The zero-order valence-corrected chi connectivity index (χ0v) is 12.5. The normalized spacial score (nSPS) is 13.1. The lowest BCUT2D eigenvalue weighted by atomic mass is 9.87. The minimum atomic E-state index is -0.398. The lowest BCUT2D eigenvalue weighted by Crippen LogP contribution is -2.38. The first-order valence-corrected chi connectivity index (χ1v) is 6.90. The Bertz CT molecular complexity index is 621. The highest BCUT2D eigenvalue weighted by atomic mass is 16.3. The van der Waals surface area contributed by atoms with Gasteiger partial charge in [-0.25, -0.2) is 4.79 Å². The van der Waals surface area contributed by atoms with Gasteiger partial charge in [0.15, 0.2) is 5.65 Å². The lowest BCUT2D eigenvalue weighted by Gasteiger charge is -2.26. The summed E-state index contributed by atoms with van der Waals surface area (Å²) >= 11 is 0. The van der Waals surface area contributed by atoms with Crippen molar-refractivity contribution in [3.63, 3.8) is 0 Å². The Kier molecular flexibility index (Phi) is 4.42. The maximum atomic E-state index is 11.9. The zero-order valence-electron chi connectivity index (χ0n) is 12.5. The number of hydrogen-bond donors (Lipinski definition) is 3. The molecule has 0 radical (unpaired) electrons. The molecule has 0 saturated carbocycles. The molecule has 2 heterocycles. The van der Waals surface area contributed by atoms with Crippen molar-refractivity contribution in [3.05, 3.63) is 24.4 Å². The Labute approximate surface area is 123 Å². The molecule has 0 aliphatic heterocycles. The van der Waals surface area contributed by atoms with Gasteiger partial charge >= 0.3 is 6.03 Å². The van der Waals surface area contributed by atoms with Gasteiger partial charge in [-0.3, -0.25) is 9.72 Å². The molecule has 0 fully saturated rings. The second-order valence-corrected chi connectivity index (χ2v) is 5.98. The Morgan fingerprint density at radius 3 is 2.90 bits per heavy atom. The largest absolute Gasteiger partial charge is 0.393 e. The van der Waals surface area contributed by atoms with Crippen molar-refractivity contribution in [1.29, 1.82) is 0 Å². The Balaban J connectivity index is 1.93. The van der Waals surface area contributed by atoms with E-state index >= 15 is 0 Å². The fourth-order valence-corrected chi connectivity index (χ4v) is 2.26. The first-order valence-electron chi connectivity index (χ1n) is 6.90. The molecular weight excluding hydrogens is 270 g/mol. The van der Waals surface area contributed by atoms with Crippen molar-refractivity contribution in [2.45, 2.75) is 33.3 Å². The van der Waals surface area contributed by atoms with E-state index in [1.165, 1.54) is 0 Å². The van der Waals surface area contributed by atoms with Crippen LogP contribution in [0.5, 0.6) is 0 Å². The van der Waals surface area contributed by atoms with Crippen LogP contribution < -0.4 is 10.6 Å². The van der Waals surface area contributed by atoms with E-state index in [9.17, 15) is 9.90 Å². The number of rotatable bonds is 5. The van der Waals surface area contributed by atoms with Gasteiger partial charge in [-0.15, -0.1) is 10.2 Å². The molecular formula is C14H21N5O2. The SMILES string of the molecule is CC(O)CC(C)(C)CNC(=O)Nc1nnc2ccccn12. The molecule has 2 aromatic heterocycles. The number of fused-ring (bicyclic) bond motifs is 1. The number of pyridine rings is 1. The Morgan fingerprint density at radius 1 is 1.43 bits per heavy atom. The highest BCUT2D eigenvalue weighted by Crippen LogP contribution is 2.21. The number of amides is 2. The molecule has 3 N–H and O–H groups in total. The minimum absolute atomic E-state index is 0.182. The smallest absolute Gasteiger partial charge is 0.321 e. The van der Waals surface area contributed by atoms with Crippen molar-refractivity contribution in [2.24, 2.45) is 5.41 Å². The highest BCUT2D eigenvalue weighted by molar-refractivity contribution is 5.87. The lowest BCUT2D eigenvalue weighted by molar-refractivity contribution is 0.129. The summed E-state index contributed by atoms with van der Waals surface area (Å²) in [5.41, 5.74) is 0.487. The number of nitrogens with one attached hydrogen (secondary N) is 2. The molecule has 21 heavy (non-hydrogen) atoms. The van der Waals surface area contributed by atoms with E-state index < -0.39 is 6.10 Å². The second-order valence-electron chi connectivity index (χ2n) is 5.98. The van der Waals surface area contributed by atoms with Crippen LogP contribution in [0.3, 0.4) is 0 Å². The van der Waals surface area contributed by atoms with Crippen LogP contribution in [-0.4, -0.2) is 38.4 Å². The molecule has 0 aliphatic rings. The third-order valence-electron chi connectivity index (χ3n) is 3.11. The average Bonchev–Trinajstić information content (AvgIpc) is 2.79. The number of aromatic nitrogens is 3. The van der Waals surface area contributed by atoms with E-state index in [0.29, 0.717) is 24.6 Å². The van der Waals surface area contributed by atoms with Crippen LogP contribution in [0.25, 0.3) is 5.65 Å². The van der Waals surface area contributed by atoms with Crippen molar-refractivity contribution >= 4 is 17.6 Å². The summed E-state index contributed by atoms with van der Waals surface area (Å²) in [5.74, 6) is 0.372. The monoisotopic (exact) mass is 291 g/mol. The standard InChI is InChI=1S/C14H21N5O2/c1-10(20)8-14(2,3)9-15-13(21)16-12-18-17-11-6-4-5-7-19(11)12/h4-7,10,20H,8-9H2,1-3H3,(H2,15,16,18,21). The van der Waals surface area contributed by atoms with Gasteiger partial charge in [-0.2, -0.15) is 0 Å². The number of hydrogen-bond acceptors (Lipinski definition) is 4. The van der Waals surface area contributed by atoms with Crippen molar-refractivity contribution in [2.75, 3.05) is 11.9 Å². The van der Waals surface area contributed by atoms with E-state index in [-0.39, 0.29) is 11.4 Å². The van der Waals surface area contributed by atoms with Crippen LogP contribution in [0, 0.1) is 5.41 Å². The van der Waals surface area contributed by atoms with Gasteiger partial charge in [-0.05, 0) is 30.9 Å². The van der Waals surface area contributed by atoms with Crippen LogP contribution in [0.15, 0.2) is 24.4 Å². The molecule has 1 atom stereocenters. The van der Waals surface area contributed by atoms with E-state index in [1.54, 1.807) is 17.5 Å². The van der Waals surface area contributed by atoms with Crippen molar-refractivity contribution in [1.82, 2.24) is 19.9 Å². The molecule has 2 amide bonds. The molecule has 7 nitrogen and oxygen atoms in total. The van der Waals surface area contributed by atoms with Crippen LogP contribution in [-0.2, 0) is 0 Å². The zero-order chi connectivity index (χ0) is 15.5. The summed E-state index contributed by atoms with van der Waals surface area (Å²) in [6.45, 7) is 6.18. The van der Waals surface area contributed by atoms with Gasteiger partial charge in [0.1, 0.15) is 0 Å². The number of aliphatic hydroxyl groups excluding tert-OH is 1. The predicted octanol–water partition coefficient (Wildman–Crippen LogP) is 1.65. The quantitative estimate of drug-likeness (QED) is 0.781. The first kappa shape index (κ1) is 15.2. The summed E-state index contributed by atoms with van der Waals surface area (Å²) in [6, 6.07) is 5.16. The first-order chi connectivity index (χ1) is 9.87. The maximum absolute atomic E-state index is 11.9. The number of anilines is 1. The number of nitrogens with zero attached hydrogens (tertiary/aromatic N) is 3. The molecule has 2 rings (SSSR count). The summed E-state index contributed by atoms with van der Waals surface area (Å²) in [4.78, 5) is 11.9. The van der Waals surface area contributed by atoms with Gasteiger partial charge in [-0.1, -0.05) is 19.9 Å². The molecule has 0 saturated heterocycles. The van der Waals surface area contributed by atoms with Crippen LogP contribution >= 0.6 is 0 Å². The third kappa shape index (κ3) is 4.16. The minimum Gasteiger partial charge on any atom is -0.393 e. The van der Waals surface area contributed by atoms with Gasteiger partial charge in [0.25, 0.3) is 0 Å². The summed E-state index contributed by atoms with van der Waals surface area (Å²) < 4.78 is 1.69. The maximum Gasteiger partial charge on any atom is 0.321 e. The molecule has 7 heteroatoms. The predicted molar refractivity (Wildman–Crippen MR) is 80.1 cm³/mol. The topological polar surface area (TPSA) is 91.5 Å². The summed E-state index contributed by atoms with van der Waals surface area (Å²) in [7, 11) is 0. The molecule has 0 bridgehead atoms. The Hall–Kier alpha value is -2.15. The number of carbonyl (C=O) groups excluding carboxylic acids is 1. The van der Waals surface area contributed by atoms with E-state index in [4.69, 9.17) is 0 Å². The summed E-state index contributed by atoms with van der Waals surface area (Å²) in [5, 5.41) is 22.8. The van der Waals surface area contributed by atoms with Gasteiger partial charge in [0, 0.05) is 12.7 Å². The van der Waals surface area contributed by atoms with Crippen LogP contribution in [0.2, 0.25) is 0 Å². The number of aliphatic hydroxyl groups is 1. The van der Waals surface area contributed by atoms with Gasteiger partial charge in [0.2, 0.25) is 5.95 Å². The van der Waals surface area contributed by atoms with Crippen LogP contribution in [0.1, 0.15) is 27.2 Å². The highest BCUT2D eigenvalue weighted by Gasteiger charge is 2.21. The molecule has 114 valence electrons. The molecule has 1 unspecified atom stereocenters. The molecule has 0 aromatic carbocycles.